The lowest BCUT2D eigenvalue weighted by molar-refractivity contribution is 0.220. The molecule has 1 rings (SSSR count). The molecule has 0 heterocycles. The highest BCUT2D eigenvalue weighted by atomic mass is 32.2. The van der Waals surface area contributed by atoms with E-state index in [2.05, 4.69) is 19.1 Å². The van der Waals surface area contributed by atoms with Gasteiger partial charge in [-0.15, -0.1) is 0 Å². The summed E-state index contributed by atoms with van der Waals surface area (Å²) in [5.74, 6) is 2.68. The van der Waals surface area contributed by atoms with Gasteiger partial charge in [-0.3, -0.25) is 0 Å². The molecule has 0 aliphatic heterocycles. The summed E-state index contributed by atoms with van der Waals surface area (Å²) in [5.41, 5.74) is 1.28. The van der Waals surface area contributed by atoms with Gasteiger partial charge in [0.05, 0.1) is 12.7 Å². The van der Waals surface area contributed by atoms with Crippen molar-refractivity contribution in [3.05, 3.63) is 29.8 Å². The summed E-state index contributed by atoms with van der Waals surface area (Å²) in [6.45, 7) is 4.77. The molecule has 0 amide bonds. The Morgan fingerprint density at radius 1 is 1.29 bits per heavy atom. The molecule has 0 radical (unpaired) electrons. The van der Waals surface area contributed by atoms with E-state index in [1.54, 1.807) is 11.8 Å². The Morgan fingerprint density at radius 3 is 2.59 bits per heavy atom. The molecule has 0 bridgehead atoms. The molecule has 17 heavy (non-hydrogen) atoms. The van der Waals surface area contributed by atoms with E-state index in [4.69, 9.17) is 9.84 Å². The van der Waals surface area contributed by atoms with E-state index in [-0.39, 0.29) is 6.10 Å². The van der Waals surface area contributed by atoms with Crippen LogP contribution in [0.5, 0.6) is 5.75 Å². The van der Waals surface area contributed by atoms with Crippen molar-refractivity contribution in [2.75, 3.05) is 12.4 Å². The zero-order chi connectivity index (χ0) is 12.5. The Morgan fingerprint density at radius 2 is 2.00 bits per heavy atom. The predicted octanol–water partition coefficient (Wildman–Crippen LogP) is 3.48. The summed E-state index contributed by atoms with van der Waals surface area (Å²) in [7, 11) is 0. The fourth-order valence-corrected chi connectivity index (χ4v) is 2.25. The van der Waals surface area contributed by atoms with Gasteiger partial charge in [-0.05, 0) is 31.0 Å². The molecule has 0 spiro atoms. The maximum absolute atomic E-state index is 9.15. The minimum Gasteiger partial charge on any atom is -0.494 e. The maximum Gasteiger partial charge on any atom is 0.119 e. The van der Waals surface area contributed by atoms with Gasteiger partial charge < -0.3 is 9.84 Å². The molecule has 1 N–H and O–H groups in total. The average Bonchev–Trinajstić information content (AvgIpc) is 2.31. The number of aliphatic hydroxyl groups is 1. The van der Waals surface area contributed by atoms with Crippen LogP contribution in [0.2, 0.25) is 0 Å². The standard InChI is InChI=1S/C14H22O2S/c1-3-4-9-16-14-7-5-13(6-8-14)11-17-10-12(2)15/h5-8,12,15H,3-4,9-11H2,1-2H3. The zero-order valence-electron chi connectivity index (χ0n) is 10.7. The average molecular weight is 254 g/mol. The molecule has 2 nitrogen and oxygen atoms in total. The third-order valence-corrected chi connectivity index (χ3v) is 3.57. The van der Waals surface area contributed by atoms with Crippen molar-refractivity contribution in [3.63, 3.8) is 0 Å². The third kappa shape index (κ3) is 6.59. The molecular weight excluding hydrogens is 232 g/mol. The van der Waals surface area contributed by atoms with Crippen molar-refractivity contribution in [1.29, 1.82) is 0 Å². The van der Waals surface area contributed by atoms with Crippen LogP contribution in [0.3, 0.4) is 0 Å². The second kappa shape index (κ2) is 8.43. The molecule has 0 saturated carbocycles. The first kappa shape index (κ1) is 14.4. The number of rotatable bonds is 8. The van der Waals surface area contributed by atoms with Crippen molar-refractivity contribution < 1.29 is 9.84 Å². The van der Waals surface area contributed by atoms with Crippen LogP contribution in [-0.2, 0) is 5.75 Å². The molecule has 1 unspecified atom stereocenters. The zero-order valence-corrected chi connectivity index (χ0v) is 11.5. The van der Waals surface area contributed by atoms with Gasteiger partial charge in [0.15, 0.2) is 0 Å². The van der Waals surface area contributed by atoms with Crippen LogP contribution >= 0.6 is 11.8 Å². The van der Waals surface area contributed by atoms with Crippen LogP contribution in [-0.4, -0.2) is 23.6 Å². The van der Waals surface area contributed by atoms with Crippen molar-refractivity contribution in [2.45, 2.75) is 38.5 Å². The molecular formula is C14H22O2S. The largest absolute Gasteiger partial charge is 0.494 e. The molecule has 3 heteroatoms. The lowest BCUT2D eigenvalue weighted by Gasteiger charge is -2.07. The van der Waals surface area contributed by atoms with E-state index in [1.807, 2.05) is 19.1 Å². The Hall–Kier alpha value is -0.670. The SMILES string of the molecule is CCCCOc1ccc(CSCC(C)O)cc1. The third-order valence-electron chi connectivity index (χ3n) is 2.32. The van der Waals surface area contributed by atoms with Crippen LogP contribution in [0.1, 0.15) is 32.3 Å². The summed E-state index contributed by atoms with van der Waals surface area (Å²) in [6, 6.07) is 8.23. The molecule has 96 valence electrons. The van der Waals surface area contributed by atoms with E-state index in [0.717, 1.165) is 36.7 Å². The van der Waals surface area contributed by atoms with E-state index in [1.165, 1.54) is 5.56 Å². The Kier molecular flexibility index (Phi) is 7.13. The van der Waals surface area contributed by atoms with Gasteiger partial charge >= 0.3 is 0 Å². The van der Waals surface area contributed by atoms with Gasteiger partial charge in [0.1, 0.15) is 5.75 Å². The predicted molar refractivity (Wildman–Crippen MR) is 74.7 cm³/mol. The molecule has 1 aromatic rings. The molecule has 1 aromatic carbocycles. The van der Waals surface area contributed by atoms with Gasteiger partial charge in [-0.25, -0.2) is 0 Å². The van der Waals surface area contributed by atoms with E-state index in [0.29, 0.717) is 0 Å². The number of hydrogen-bond acceptors (Lipinski definition) is 3. The number of thioether (sulfide) groups is 1. The first-order valence-electron chi connectivity index (χ1n) is 6.20. The van der Waals surface area contributed by atoms with Crippen molar-refractivity contribution in [3.8, 4) is 5.75 Å². The van der Waals surface area contributed by atoms with E-state index >= 15 is 0 Å². The maximum atomic E-state index is 9.15. The van der Waals surface area contributed by atoms with Gasteiger partial charge in [-0.2, -0.15) is 11.8 Å². The minimum absolute atomic E-state index is 0.225. The van der Waals surface area contributed by atoms with E-state index < -0.39 is 0 Å². The molecule has 0 saturated heterocycles. The van der Waals surface area contributed by atoms with Crippen LogP contribution < -0.4 is 4.74 Å². The lowest BCUT2D eigenvalue weighted by Crippen LogP contribution is -2.02. The number of aliphatic hydroxyl groups excluding tert-OH is 1. The topological polar surface area (TPSA) is 29.5 Å². The Bertz CT molecular complexity index is 296. The summed E-state index contributed by atoms with van der Waals surface area (Å²) >= 11 is 1.75. The monoisotopic (exact) mass is 254 g/mol. The summed E-state index contributed by atoms with van der Waals surface area (Å²) < 4.78 is 5.60. The van der Waals surface area contributed by atoms with Crippen LogP contribution in [0, 0.1) is 0 Å². The first-order valence-corrected chi connectivity index (χ1v) is 7.35. The minimum atomic E-state index is -0.225. The number of hydrogen-bond donors (Lipinski definition) is 1. The van der Waals surface area contributed by atoms with Gasteiger partial charge in [0.25, 0.3) is 0 Å². The summed E-state index contributed by atoms with van der Waals surface area (Å²) in [6.07, 6.45) is 2.04. The summed E-state index contributed by atoms with van der Waals surface area (Å²) in [5, 5.41) is 9.15. The molecule has 1 atom stereocenters. The number of unbranched alkanes of at least 4 members (excludes halogenated alkanes) is 1. The first-order chi connectivity index (χ1) is 8.22. The molecule has 0 aliphatic carbocycles. The smallest absolute Gasteiger partial charge is 0.119 e. The molecule has 0 aliphatic rings. The number of ether oxygens (including phenoxy) is 1. The fraction of sp³-hybridized carbons (Fsp3) is 0.571. The highest BCUT2D eigenvalue weighted by Gasteiger charge is 1.98. The fourth-order valence-electron chi connectivity index (χ4n) is 1.36. The van der Waals surface area contributed by atoms with Crippen molar-refractivity contribution in [1.82, 2.24) is 0 Å². The van der Waals surface area contributed by atoms with Crippen molar-refractivity contribution >= 4 is 11.8 Å². The second-order valence-corrected chi connectivity index (χ2v) is 5.24. The molecule has 0 fully saturated rings. The van der Waals surface area contributed by atoms with Gasteiger partial charge in [0, 0.05) is 11.5 Å². The summed E-state index contributed by atoms with van der Waals surface area (Å²) in [4.78, 5) is 0. The van der Waals surface area contributed by atoms with Crippen LogP contribution in [0.4, 0.5) is 0 Å². The van der Waals surface area contributed by atoms with Gasteiger partial charge in [-0.1, -0.05) is 25.5 Å². The highest BCUT2D eigenvalue weighted by molar-refractivity contribution is 7.98. The Labute approximate surface area is 108 Å². The number of benzene rings is 1. The van der Waals surface area contributed by atoms with E-state index in [9.17, 15) is 0 Å². The second-order valence-electron chi connectivity index (χ2n) is 4.21. The highest BCUT2D eigenvalue weighted by Crippen LogP contribution is 2.17. The molecule has 0 aromatic heterocycles. The van der Waals surface area contributed by atoms with Gasteiger partial charge in [0.2, 0.25) is 0 Å². The van der Waals surface area contributed by atoms with Crippen molar-refractivity contribution in [2.24, 2.45) is 0 Å². The quantitative estimate of drug-likeness (QED) is 0.720. The van der Waals surface area contributed by atoms with Crippen LogP contribution in [0.15, 0.2) is 24.3 Å². The van der Waals surface area contributed by atoms with Crippen LogP contribution in [0.25, 0.3) is 0 Å². The lowest BCUT2D eigenvalue weighted by atomic mass is 10.2. The Balaban J connectivity index is 2.29. The normalized spacial score (nSPS) is 12.4.